The van der Waals surface area contributed by atoms with Crippen LogP contribution in [0.5, 0.6) is 0 Å². The van der Waals surface area contributed by atoms with E-state index in [2.05, 4.69) is 25.8 Å². The molecule has 152 valence electrons. The molecule has 9 nitrogen and oxygen atoms in total. The van der Waals surface area contributed by atoms with Crippen LogP contribution < -0.4 is 10.6 Å². The maximum atomic E-state index is 13.0. The number of rotatable bonds is 5. The molecule has 0 bridgehead atoms. The zero-order valence-electron chi connectivity index (χ0n) is 16.9. The molecule has 0 aliphatic heterocycles. The number of nitrogens with zero attached hydrogens (tertiary/aromatic N) is 5. The van der Waals surface area contributed by atoms with Gasteiger partial charge in [-0.2, -0.15) is 10.2 Å². The molecule has 0 radical (unpaired) electrons. The summed E-state index contributed by atoms with van der Waals surface area (Å²) < 4.78 is 3.22. The highest BCUT2D eigenvalue weighted by molar-refractivity contribution is 6.11. The summed E-state index contributed by atoms with van der Waals surface area (Å²) in [5, 5.41) is 13.9. The van der Waals surface area contributed by atoms with Gasteiger partial charge in [-0.3, -0.25) is 14.3 Å². The fraction of sp³-hybridized carbons (Fsp3) is 0.190. The number of benzene rings is 1. The second-order valence-corrected chi connectivity index (χ2v) is 6.77. The minimum atomic E-state index is -0.417. The first-order valence-corrected chi connectivity index (χ1v) is 9.52. The maximum Gasteiger partial charge on any atom is 0.273 e. The van der Waals surface area contributed by atoms with E-state index in [-0.39, 0.29) is 11.6 Å². The van der Waals surface area contributed by atoms with E-state index in [1.54, 1.807) is 21.6 Å². The fourth-order valence-electron chi connectivity index (χ4n) is 3.15. The first-order chi connectivity index (χ1) is 14.5. The number of fused-ring (bicyclic) bond motifs is 1. The van der Waals surface area contributed by atoms with Crippen LogP contribution in [0, 0.1) is 6.92 Å². The lowest BCUT2D eigenvalue weighted by Crippen LogP contribution is -2.21. The van der Waals surface area contributed by atoms with Gasteiger partial charge in [0.05, 0.1) is 17.6 Å². The molecule has 4 rings (SSSR count). The average molecular weight is 403 g/mol. The third-order valence-electron chi connectivity index (χ3n) is 4.77. The van der Waals surface area contributed by atoms with Crippen LogP contribution in [0.15, 0.2) is 48.9 Å². The maximum absolute atomic E-state index is 13.0. The van der Waals surface area contributed by atoms with Crippen LogP contribution in [0.25, 0.3) is 16.9 Å². The fourth-order valence-corrected chi connectivity index (χ4v) is 3.15. The Balaban J connectivity index is 1.70. The summed E-state index contributed by atoms with van der Waals surface area (Å²) in [6.45, 7) is 4.49. The zero-order chi connectivity index (χ0) is 21.3. The third-order valence-corrected chi connectivity index (χ3v) is 4.77. The van der Waals surface area contributed by atoms with E-state index in [0.29, 0.717) is 23.4 Å². The summed E-state index contributed by atoms with van der Waals surface area (Å²) >= 11 is 0. The molecule has 3 heterocycles. The summed E-state index contributed by atoms with van der Waals surface area (Å²) in [5.74, 6) is -0.795. The van der Waals surface area contributed by atoms with E-state index >= 15 is 0 Å². The molecule has 9 heteroatoms. The van der Waals surface area contributed by atoms with Crippen LogP contribution >= 0.6 is 0 Å². The van der Waals surface area contributed by atoms with Crippen molar-refractivity contribution in [2.24, 2.45) is 0 Å². The molecule has 30 heavy (non-hydrogen) atoms. The molecule has 0 saturated carbocycles. The molecule has 0 aliphatic rings. The van der Waals surface area contributed by atoms with Gasteiger partial charge in [-0.05, 0) is 19.9 Å². The number of amides is 2. The van der Waals surface area contributed by atoms with Gasteiger partial charge in [0.15, 0.2) is 11.3 Å². The molecule has 0 spiro atoms. The lowest BCUT2D eigenvalue weighted by atomic mass is 10.1. The van der Waals surface area contributed by atoms with Gasteiger partial charge in [-0.1, -0.05) is 29.8 Å². The Morgan fingerprint density at radius 3 is 2.57 bits per heavy atom. The molecule has 0 atom stereocenters. The third kappa shape index (κ3) is 3.41. The molecule has 2 amide bonds. The second kappa shape index (κ2) is 7.78. The molecular formula is C21H21N7O2. The number of carbonyl (C=O) groups is 2. The summed E-state index contributed by atoms with van der Waals surface area (Å²) in [7, 11) is 1.51. The zero-order valence-corrected chi connectivity index (χ0v) is 16.9. The van der Waals surface area contributed by atoms with Gasteiger partial charge in [0.25, 0.3) is 11.8 Å². The SMILES string of the molecule is CCn1cc(NC(=O)c2cnn3c(-c4ccc(C)cc4)ccnc23)c(C(=O)NC)n1. The van der Waals surface area contributed by atoms with Gasteiger partial charge in [0, 0.05) is 31.5 Å². The van der Waals surface area contributed by atoms with Crippen LogP contribution in [0.1, 0.15) is 33.3 Å². The van der Waals surface area contributed by atoms with Crippen LogP contribution in [0.3, 0.4) is 0 Å². The first kappa shape index (κ1) is 19.3. The normalized spacial score (nSPS) is 10.9. The van der Waals surface area contributed by atoms with Crippen molar-refractivity contribution in [1.82, 2.24) is 29.7 Å². The van der Waals surface area contributed by atoms with Gasteiger partial charge in [-0.25, -0.2) is 9.50 Å². The molecular weight excluding hydrogens is 382 g/mol. The van der Waals surface area contributed by atoms with Crippen molar-refractivity contribution < 1.29 is 9.59 Å². The number of nitrogens with one attached hydrogen (secondary N) is 2. The monoisotopic (exact) mass is 403 g/mol. The highest BCUT2D eigenvalue weighted by Gasteiger charge is 2.21. The van der Waals surface area contributed by atoms with E-state index < -0.39 is 5.91 Å². The Morgan fingerprint density at radius 2 is 1.87 bits per heavy atom. The smallest absolute Gasteiger partial charge is 0.273 e. The Morgan fingerprint density at radius 1 is 1.10 bits per heavy atom. The number of aryl methyl sites for hydroxylation is 2. The predicted octanol–water partition coefficient (Wildman–Crippen LogP) is 2.53. The molecule has 3 aromatic heterocycles. The second-order valence-electron chi connectivity index (χ2n) is 6.77. The lowest BCUT2D eigenvalue weighted by Gasteiger charge is -2.06. The number of hydrogen-bond donors (Lipinski definition) is 2. The number of hydrogen-bond acceptors (Lipinski definition) is 5. The van der Waals surface area contributed by atoms with Crippen LogP contribution in [-0.2, 0) is 6.54 Å². The molecule has 4 aromatic rings. The van der Waals surface area contributed by atoms with Crippen molar-refractivity contribution >= 4 is 23.1 Å². The van der Waals surface area contributed by atoms with Crippen molar-refractivity contribution in [2.75, 3.05) is 12.4 Å². The van der Waals surface area contributed by atoms with Crippen LogP contribution in [-0.4, -0.2) is 43.2 Å². The topological polar surface area (TPSA) is 106 Å². The van der Waals surface area contributed by atoms with Crippen molar-refractivity contribution in [3.63, 3.8) is 0 Å². The van der Waals surface area contributed by atoms with Gasteiger partial charge in [-0.15, -0.1) is 0 Å². The van der Waals surface area contributed by atoms with Crippen LogP contribution in [0.2, 0.25) is 0 Å². The van der Waals surface area contributed by atoms with E-state index in [1.165, 1.54) is 13.2 Å². The standard InChI is InChI=1S/C21H21N7O2/c1-4-27-12-16(18(26-27)21(30)22-3)25-20(29)15-11-24-28-17(9-10-23-19(15)28)14-7-5-13(2)6-8-14/h5-12H,4H2,1-3H3,(H,22,30)(H,25,29). The average Bonchev–Trinajstić information content (AvgIpc) is 3.37. The Kier molecular flexibility index (Phi) is 5.01. The minimum Gasteiger partial charge on any atom is -0.354 e. The number of aromatic nitrogens is 5. The summed E-state index contributed by atoms with van der Waals surface area (Å²) in [6.07, 6.45) is 4.74. The summed E-state index contributed by atoms with van der Waals surface area (Å²) in [6, 6.07) is 9.89. The van der Waals surface area contributed by atoms with Gasteiger partial charge in [0.2, 0.25) is 0 Å². The molecule has 2 N–H and O–H groups in total. The van der Waals surface area contributed by atoms with Gasteiger partial charge >= 0.3 is 0 Å². The van der Waals surface area contributed by atoms with Crippen molar-refractivity contribution in [2.45, 2.75) is 20.4 Å². The largest absolute Gasteiger partial charge is 0.354 e. The Hall–Kier alpha value is -4.01. The highest BCUT2D eigenvalue weighted by Crippen LogP contribution is 2.22. The highest BCUT2D eigenvalue weighted by atomic mass is 16.2. The summed E-state index contributed by atoms with van der Waals surface area (Å²) in [5.41, 5.74) is 4.15. The quantitative estimate of drug-likeness (QED) is 0.533. The molecule has 0 aliphatic carbocycles. The molecule has 0 saturated heterocycles. The van der Waals surface area contributed by atoms with E-state index in [0.717, 1.165) is 16.8 Å². The number of carbonyl (C=O) groups excluding carboxylic acids is 2. The Bertz CT molecular complexity index is 1240. The molecule has 0 fully saturated rings. The van der Waals surface area contributed by atoms with Crippen molar-refractivity contribution in [3.8, 4) is 11.3 Å². The molecule has 1 aromatic carbocycles. The minimum absolute atomic E-state index is 0.150. The van der Waals surface area contributed by atoms with E-state index in [4.69, 9.17) is 0 Å². The first-order valence-electron chi connectivity index (χ1n) is 9.52. The van der Waals surface area contributed by atoms with E-state index in [9.17, 15) is 9.59 Å². The number of anilines is 1. The predicted molar refractivity (Wildman–Crippen MR) is 112 cm³/mol. The van der Waals surface area contributed by atoms with Crippen LogP contribution in [0.4, 0.5) is 5.69 Å². The molecule has 0 unspecified atom stereocenters. The van der Waals surface area contributed by atoms with Gasteiger partial charge in [0.1, 0.15) is 5.56 Å². The van der Waals surface area contributed by atoms with Crippen molar-refractivity contribution in [3.05, 3.63) is 65.7 Å². The van der Waals surface area contributed by atoms with E-state index in [1.807, 2.05) is 44.2 Å². The Labute approximate surface area is 172 Å². The lowest BCUT2D eigenvalue weighted by molar-refractivity contribution is 0.0958. The van der Waals surface area contributed by atoms with Gasteiger partial charge < -0.3 is 10.6 Å². The van der Waals surface area contributed by atoms with Crippen molar-refractivity contribution in [1.29, 1.82) is 0 Å². The summed E-state index contributed by atoms with van der Waals surface area (Å²) in [4.78, 5) is 29.4.